The summed E-state index contributed by atoms with van der Waals surface area (Å²) in [6, 6.07) is 13.4. The van der Waals surface area contributed by atoms with Crippen LogP contribution in [0, 0.1) is 5.92 Å². The third kappa shape index (κ3) is 6.82. The summed E-state index contributed by atoms with van der Waals surface area (Å²) in [4.78, 5) is 27.5. The number of hydrogen-bond acceptors (Lipinski definition) is 4. The molecule has 34 heavy (non-hydrogen) atoms. The second kappa shape index (κ2) is 12.0. The summed E-state index contributed by atoms with van der Waals surface area (Å²) in [7, 11) is -3.77. The Kier molecular flexibility index (Phi) is 9.10. The van der Waals surface area contributed by atoms with Crippen LogP contribution in [0.15, 0.2) is 53.4 Å². The highest BCUT2D eigenvalue weighted by atomic mass is 32.2. The number of nitrogens with zero attached hydrogens (tertiary/aromatic N) is 1. The van der Waals surface area contributed by atoms with Crippen molar-refractivity contribution in [1.82, 2.24) is 10.2 Å². The Bertz CT molecular complexity index is 1080. The minimum atomic E-state index is -3.77. The number of nitrogens with one attached hydrogen (secondary N) is 2. The normalized spacial score (nSPS) is 16.2. The highest BCUT2D eigenvalue weighted by molar-refractivity contribution is 7.92. The first kappa shape index (κ1) is 25.7. The van der Waals surface area contributed by atoms with Gasteiger partial charge in [0.2, 0.25) is 5.91 Å². The van der Waals surface area contributed by atoms with Gasteiger partial charge in [0.15, 0.2) is 0 Å². The third-order valence-electron chi connectivity index (χ3n) is 6.04. The van der Waals surface area contributed by atoms with Crippen molar-refractivity contribution in [1.29, 1.82) is 0 Å². The van der Waals surface area contributed by atoms with Crippen molar-refractivity contribution in [3.05, 3.63) is 59.7 Å². The van der Waals surface area contributed by atoms with Gasteiger partial charge in [-0.25, -0.2) is 8.42 Å². The molecule has 0 spiro atoms. The lowest BCUT2D eigenvalue weighted by Gasteiger charge is -2.32. The summed E-state index contributed by atoms with van der Waals surface area (Å²) in [6.45, 7) is 5.76. The molecule has 1 saturated heterocycles. The summed E-state index contributed by atoms with van der Waals surface area (Å²) in [6.07, 6.45) is 5.37. The van der Waals surface area contributed by atoms with E-state index in [1.807, 2.05) is 12.1 Å². The van der Waals surface area contributed by atoms with E-state index in [2.05, 4.69) is 23.9 Å². The van der Waals surface area contributed by atoms with E-state index in [-0.39, 0.29) is 22.6 Å². The van der Waals surface area contributed by atoms with E-state index in [0.717, 1.165) is 44.1 Å². The molecule has 7 nitrogen and oxygen atoms in total. The fourth-order valence-electron chi connectivity index (χ4n) is 4.14. The van der Waals surface area contributed by atoms with Crippen molar-refractivity contribution in [3.63, 3.8) is 0 Å². The molecule has 0 bridgehead atoms. The van der Waals surface area contributed by atoms with Gasteiger partial charge in [-0.05, 0) is 61.6 Å². The Morgan fingerprint density at radius 3 is 2.53 bits per heavy atom. The molecule has 3 rings (SSSR count). The molecule has 0 radical (unpaired) electrons. The van der Waals surface area contributed by atoms with Gasteiger partial charge in [-0.15, -0.1) is 0 Å². The van der Waals surface area contributed by atoms with E-state index in [4.69, 9.17) is 0 Å². The number of likely N-dealkylation sites (tertiary alicyclic amines) is 1. The summed E-state index contributed by atoms with van der Waals surface area (Å²) < 4.78 is 28.2. The fraction of sp³-hybridized carbons (Fsp3) is 0.462. The topological polar surface area (TPSA) is 95.6 Å². The molecule has 0 aliphatic carbocycles. The number of benzene rings is 2. The van der Waals surface area contributed by atoms with Crippen LogP contribution in [-0.4, -0.2) is 44.8 Å². The lowest BCUT2D eigenvalue weighted by atomic mass is 9.96. The number of sulfonamides is 1. The first-order valence-corrected chi connectivity index (χ1v) is 13.6. The van der Waals surface area contributed by atoms with Gasteiger partial charge < -0.3 is 10.2 Å². The molecule has 0 aromatic heterocycles. The van der Waals surface area contributed by atoms with Crippen LogP contribution in [0.5, 0.6) is 0 Å². The molecule has 1 aliphatic heterocycles. The monoisotopic (exact) mass is 485 g/mol. The van der Waals surface area contributed by atoms with Crippen LogP contribution in [0.1, 0.15) is 61.9 Å². The second-order valence-corrected chi connectivity index (χ2v) is 10.5. The van der Waals surface area contributed by atoms with Gasteiger partial charge in [0.1, 0.15) is 0 Å². The van der Waals surface area contributed by atoms with E-state index >= 15 is 0 Å². The number of aryl methyl sites for hydroxylation is 1. The summed E-state index contributed by atoms with van der Waals surface area (Å²) in [5.74, 6) is -0.416. The summed E-state index contributed by atoms with van der Waals surface area (Å²) in [5, 5.41) is 2.96. The molecule has 1 heterocycles. The Morgan fingerprint density at radius 1 is 1.06 bits per heavy atom. The molecule has 1 unspecified atom stereocenters. The number of piperidine rings is 1. The van der Waals surface area contributed by atoms with Gasteiger partial charge in [0.05, 0.1) is 10.8 Å². The molecule has 1 fully saturated rings. The third-order valence-corrected chi connectivity index (χ3v) is 7.44. The van der Waals surface area contributed by atoms with Crippen molar-refractivity contribution < 1.29 is 18.0 Å². The van der Waals surface area contributed by atoms with Crippen LogP contribution in [-0.2, 0) is 21.2 Å². The zero-order valence-corrected chi connectivity index (χ0v) is 20.9. The molecule has 8 heteroatoms. The highest BCUT2D eigenvalue weighted by Gasteiger charge is 2.29. The molecule has 2 aromatic carbocycles. The Balaban J connectivity index is 1.67. The molecular formula is C26H35N3O4S. The predicted molar refractivity (Wildman–Crippen MR) is 134 cm³/mol. The lowest BCUT2D eigenvalue weighted by Crippen LogP contribution is -2.45. The Hall–Kier alpha value is -2.87. The largest absolute Gasteiger partial charge is 0.356 e. The number of carbonyl (C=O) groups excluding carboxylic acids is 2. The molecule has 1 atom stereocenters. The fourth-order valence-corrected chi connectivity index (χ4v) is 5.19. The molecule has 2 amide bonds. The first-order chi connectivity index (χ1) is 16.3. The second-order valence-electron chi connectivity index (χ2n) is 8.82. The molecule has 0 saturated carbocycles. The maximum absolute atomic E-state index is 13.1. The van der Waals surface area contributed by atoms with E-state index in [1.165, 1.54) is 0 Å². The Labute approximate surface area is 203 Å². The maximum Gasteiger partial charge on any atom is 0.261 e. The molecule has 2 N–H and O–H groups in total. The van der Waals surface area contributed by atoms with Crippen molar-refractivity contribution in [3.8, 4) is 0 Å². The minimum absolute atomic E-state index is 0.00239. The summed E-state index contributed by atoms with van der Waals surface area (Å²) in [5.41, 5.74) is 1.81. The van der Waals surface area contributed by atoms with Crippen molar-refractivity contribution in [2.24, 2.45) is 5.92 Å². The zero-order valence-electron chi connectivity index (χ0n) is 20.0. The van der Waals surface area contributed by atoms with Crippen molar-refractivity contribution in [2.75, 3.05) is 24.4 Å². The quantitative estimate of drug-likeness (QED) is 0.493. The van der Waals surface area contributed by atoms with E-state index < -0.39 is 10.0 Å². The SMILES string of the molecule is CCCCNC(=O)C1CCCN(C(=O)c2cccc(NS(=O)(=O)c3ccc(CCC)cc3)c2)C1. The summed E-state index contributed by atoms with van der Waals surface area (Å²) >= 11 is 0. The number of amides is 2. The average Bonchev–Trinajstić information content (AvgIpc) is 2.84. The van der Waals surface area contributed by atoms with Gasteiger partial charge in [-0.1, -0.05) is 44.9 Å². The van der Waals surface area contributed by atoms with Gasteiger partial charge >= 0.3 is 0 Å². The van der Waals surface area contributed by atoms with Crippen LogP contribution >= 0.6 is 0 Å². The van der Waals surface area contributed by atoms with Crippen LogP contribution in [0.2, 0.25) is 0 Å². The van der Waals surface area contributed by atoms with Crippen LogP contribution in [0.3, 0.4) is 0 Å². The van der Waals surface area contributed by atoms with Crippen LogP contribution in [0.25, 0.3) is 0 Å². The van der Waals surface area contributed by atoms with Crippen LogP contribution < -0.4 is 10.0 Å². The number of carbonyl (C=O) groups is 2. The van der Waals surface area contributed by atoms with E-state index in [9.17, 15) is 18.0 Å². The lowest BCUT2D eigenvalue weighted by molar-refractivity contribution is -0.126. The molecule has 2 aromatic rings. The standard InChI is InChI=1S/C26H35N3O4S/c1-3-5-16-27-25(30)22-10-7-17-29(19-22)26(31)21-9-6-11-23(18-21)28-34(32,33)24-14-12-20(8-4-2)13-15-24/h6,9,11-15,18,22,28H,3-5,7-8,10,16-17,19H2,1-2H3,(H,27,30). The number of hydrogen-bond donors (Lipinski definition) is 2. The average molecular weight is 486 g/mol. The van der Waals surface area contributed by atoms with Gasteiger partial charge in [-0.2, -0.15) is 0 Å². The van der Waals surface area contributed by atoms with E-state index in [1.54, 1.807) is 41.3 Å². The first-order valence-electron chi connectivity index (χ1n) is 12.1. The van der Waals surface area contributed by atoms with Crippen LogP contribution in [0.4, 0.5) is 5.69 Å². The highest BCUT2D eigenvalue weighted by Crippen LogP contribution is 2.22. The zero-order chi connectivity index (χ0) is 24.6. The van der Waals surface area contributed by atoms with Gasteiger partial charge in [0, 0.05) is 30.9 Å². The molecular weight excluding hydrogens is 450 g/mol. The van der Waals surface area contributed by atoms with Gasteiger partial charge in [-0.3, -0.25) is 14.3 Å². The predicted octanol–water partition coefficient (Wildman–Crippen LogP) is 4.21. The van der Waals surface area contributed by atoms with E-state index in [0.29, 0.717) is 30.9 Å². The number of unbranched alkanes of at least 4 members (excludes halogenated alkanes) is 1. The van der Waals surface area contributed by atoms with Gasteiger partial charge in [0.25, 0.3) is 15.9 Å². The Morgan fingerprint density at radius 2 is 1.82 bits per heavy atom. The maximum atomic E-state index is 13.1. The van der Waals surface area contributed by atoms with Crippen molar-refractivity contribution >= 4 is 27.5 Å². The number of rotatable bonds is 10. The number of anilines is 1. The minimum Gasteiger partial charge on any atom is -0.356 e. The van der Waals surface area contributed by atoms with Crippen molar-refractivity contribution in [2.45, 2.75) is 57.3 Å². The molecule has 184 valence electrons. The molecule has 1 aliphatic rings. The smallest absolute Gasteiger partial charge is 0.261 e.